The summed E-state index contributed by atoms with van der Waals surface area (Å²) >= 11 is 0. The molecule has 0 bridgehead atoms. The number of non-ortho nitro benzene ring substituents is 1. The first kappa shape index (κ1) is 11.5. The van der Waals surface area contributed by atoms with Crippen LogP contribution < -0.4 is 0 Å². The molecule has 3 rings (SSSR count). The Balaban J connectivity index is 2.26. The van der Waals surface area contributed by atoms with Crippen molar-refractivity contribution in [2.24, 2.45) is 0 Å². The largest absolute Gasteiger partial charge is 0.316 e. The average molecular weight is 252 g/mol. The Bertz CT molecular complexity index is 760. The fourth-order valence-corrected chi connectivity index (χ4v) is 2.30. The van der Waals surface area contributed by atoms with Gasteiger partial charge >= 0.3 is 0 Å². The summed E-state index contributed by atoms with van der Waals surface area (Å²) in [6.07, 6.45) is 2.00. The molecule has 0 unspecified atom stereocenters. The molecule has 0 amide bonds. The Morgan fingerprint density at radius 2 is 1.84 bits per heavy atom. The normalized spacial score (nSPS) is 10.8. The predicted molar refractivity (Wildman–Crippen MR) is 74.7 cm³/mol. The topological polar surface area (TPSA) is 48.1 Å². The highest BCUT2D eigenvalue weighted by Gasteiger charge is 2.12. The Hall–Kier alpha value is -2.62. The molecule has 94 valence electrons. The number of aromatic nitrogens is 1. The van der Waals surface area contributed by atoms with Crippen molar-refractivity contribution in [2.45, 2.75) is 6.92 Å². The summed E-state index contributed by atoms with van der Waals surface area (Å²) in [5.74, 6) is 0. The zero-order valence-electron chi connectivity index (χ0n) is 10.4. The van der Waals surface area contributed by atoms with Gasteiger partial charge in [0.15, 0.2) is 0 Å². The fourth-order valence-electron chi connectivity index (χ4n) is 2.30. The molecule has 4 heteroatoms. The molecule has 0 aliphatic carbocycles. The van der Waals surface area contributed by atoms with Crippen LogP contribution in [0, 0.1) is 17.0 Å². The lowest BCUT2D eigenvalue weighted by Crippen LogP contribution is -1.91. The highest BCUT2D eigenvalue weighted by molar-refractivity contribution is 5.87. The number of para-hydroxylation sites is 1. The van der Waals surface area contributed by atoms with Crippen LogP contribution in [-0.4, -0.2) is 9.49 Å². The molecule has 19 heavy (non-hydrogen) atoms. The number of benzene rings is 2. The van der Waals surface area contributed by atoms with Crippen LogP contribution in [0.4, 0.5) is 5.69 Å². The zero-order valence-corrected chi connectivity index (χ0v) is 10.4. The van der Waals surface area contributed by atoms with E-state index in [1.807, 2.05) is 48.0 Å². The monoisotopic (exact) mass is 252 g/mol. The molecule has 0 saturated heterocycles. The molecule has 0 radical (unpaired) electrons. The Morgan fingerprint density at radius 3 is 2.53 bits per heavy atom. The highest BCUT2D eigenvalue weighted by Crippen LogP contribution is 2.27. The number of aryl methyl sites for hydroxylation is 1. The smallest absolute Gasteiger partial charge is 0.270 e. The standard InChI is InChI=1S/C15H12N2O2/c1-11-10-16(12-5-3-2-4-6-12)15-8-7-13(17(18)19)9-14(11)15/h2-10H,1H3. The highest BCUT2D eigenvalue weighted by atomic mass is 16.6. The van der Waals surface area contributed by atoms with Crippen LogP contribution in [0.3, 0.4) is 0 Å². The van der Waals surface area contributed by atoms with Crippen molar-refractivity contribution in [3.8, 4) is 5.69 Å². The second kappa shape index (κ2) is 4.24. The summed E-state index contributed by atoms with van der Waals surface area (Å²) in [6, 6.07) is 14.9. The zero-order chi connectivity index (χ0) is 13.4. The fraction of sp³-hybridized carbons (Fsp3) is 0.0667. The molecular formula is C15H12N2O2. The number of nitro benzene ring substituents is 1. The van der Waals surface area contributed by atoms with Gasteiger partial charge in [-0.25, -0.2) is 0 Å². The van der Waals surface area contributed by atoms with E-state index in [2.05, 4.69) is 0 Å². The number of hydrogen-bond acceptors (Lipinski definition) is 2. The molecule has 1 aromatic heterocycles. The van der Waals surface area contributed by atoms with E-state index >= 15 is 0 Å². The van der Waals surface area contributed by atoms with Gasteiger partial charge in [-0.05, 0) is 30.7 Å². The third kappa shape index (κ3) is 1.87. The van der Waals surface area contributed by atoms with Crippen molar-refractivity contribution in [2.75, 3.05) is 0 Å². The number of nitrogens with zero attached hydrogens (tertiary/aromatic N) is 2. The van der Waals surface area contributed by atoms with E-state index in [0.29, 0.717) is 0 Å². The first-order valence-electron chi connectivity index (χ1n) is 5.98. The van der Waals surface area contributed by atoms with Crippen LogP contribution in [-0.2, 0) is 0 Å². The van der Waals surface area contributed by atoms with Gasteiger partial charge in [-0.15, -0.1) is 0 Å². The van der Waals surface area contributed by atoms with E-state index in [1.165, 1.54) is 0 Å². The Morgan fingerprint density at radius 1 is 1.11 bits per heavy atom. The Kier molecular flexibility index (Phi) is 2.56. The van der Waals surface area contributed by atoms with Crippen LogP contribution in [0.15, 0.2) is 54.7 Å². The van der Waals surface area contributed by atoms with Gasteiger partial charge in [0.2, 0.25) is 0 Å². The molecule has 0 aliphatic heterocycles. The van der Waals surface area contributed by atoms with Gasteiger partial charge < -0.3 is 4.57 Å². The summed E-state index contributed by atoms with van der Waals surface area (Å²) in [5, 5.41) is 11.7. The lowest BCUT2D eigenvalue weighted by atomic mass is 10.2. The molecule has 0 N–H and O–H groups in total. The van der Waals surface area contributed by atoms with E-state index in [4.69, 9.17) is 0 Å². The number of rotatable bonds is 2. The minimum absolute atomic E-state index is 0.126. The van der Waals surface area contributed by atoms with E-state index in [1.54, 1.807) is 18.2 Å². The SMILES string of the molecule is Cc1cn(-c2ccccc2)c2ccc([N+](=O)[O-])cc12. The summed E-state index contributed by atoms with van der Waals surface area (Å²) in [6.45, 7) is 1.96. The average Bonchev–Trinajstić information content (AvgIpc) is 2.77. The molecule has 1 heterocycles. The second-order valence-corrected chi connectivity index (χ2v) is 4.48. The van der Waals surface area contributed by atoms with Gasteiger partial charge in [0.25, 0.3) is 5.69 Å². The van der Waals surface area contributed by atoms with Gasteiger partial charge in [0.1, 0.15) is 0 Å². The molecule has 0 aliphatic rings. The summed E-state index contributed by atoms with van der Waals surface area (Å²) in [4.78, 5) is 10.5. The molecular weight excluding hydrogens is 240 g/mol. The maximum absolute atomic E-state index is 10.8. The van der Waals surface area contributed by atoms with Crippen molar-refractivity contribution in [1.82, 2.24) is 4.57 Å². The number of nitro groups is 1. The second-order valence-electron chi connectivity index (χ2n) is 4.48. The summed E-state index contributed by atoms with van der Waals surface area (Å²) in [5.41, 5.74) is 3.19. The first-order valence-corrected chi connectivity index (χ1v) is 5.98. The van der Waals surface area contributed by atoms with E-state index in [9.17, 15) is 10.1 Å². The van der Waals surface area contributed by atoms with Crippen molar-refractivity contribution >= 4 is 16.6 Å². The molecule has 2 aromatic carbocycles. The quantitative estimate of drug-likeness (QED) is 0.513. The maximum Gasteiger partial charge on any atom is 0.270 e. The van der Waals surface area contributed by atoms with Crippen LogP contribution >= 0.6 is 0 Å². The minimum atomic E-state index is -0.362. The van der Waals surface area contributed by atoms with E-state index < -0.39 is 0 Å². The minimum Gasteiger partial charge on any atom is -0.316 e. The van der Waals surface area contributed by atoms with Gasteiger partial charge in [0.05, 0.1) is 10.4 Å². The molecule has 4 nitrogen and oxygen atoms in total. The van der Waals surface area contributed by atoms with Crippen molar-refractivity contribution in [3.63, 3.8) is 0 Å². The number of hydrogen-bond donors (Lipinski definition) is 0. The van der Waals surface area contributed by atoms with Crippen LogP contribution in [0.1, 0.15) is 5.56 Å². The van der Waals surface area contributed by atoms with Gasteiger partial charge in [-0.1, -0.05) is 18.2 Å². The first-order chi connectivity index (χ1) is 9.16. The third-order valence-electron chi connectivity index (χ3n) is 3.23. The van der Waals surface area contributed by atoms with Crippen molar-refractivity contribution in [3.05, 3.63) is 70.4 Å². The van der Waals surface area contributed by atoms with Crippen molar-refractivity contribution < 1.29 is 4.92 Å². The molecule has 0 atom stereocenters. The van der Waals surface area contributed by atoms with Crippen LogP contribution in [0.2, 0.25) is 0 Å². The van der Waals surface area contributed by atoms with Gasteiger partial charge in [-0.2, -0.15) is 0 Å². The van der Waals surface area contributed by atoms with E-state index in [-0.39, 0.29) is 10.6 Å². The van der Waals surface area contributed by atoms with E-state index in [0.717, 1.165) is 22.2 Å². The summed E-state index contributed by atoms with van der Waals surface area (Å²) < 4.78 is 2.05. The third-order valence-corrected chi connectivity index (χ3v) is 3.23. The molecule has 0 spiro atoms. The van der Waals surface area contributed by atoms with Gasteiger partial charge in [0, 0.05) is 29.4 Å². The predicted octanol–water partition coefficient (Wildman–Crippen LogP) is 3.85. The van der Waals surface area contributed by atoms with Crippen LogP contribution in [0.25, 0.3) is 16.6 Å². The molecule has 0 fully saturated rings. The maximum atomic E-state index is 10.8. The lowest BCUT2D eigenvalue weighted by molar-refractivity contribution is -0.384. The molecule has 3 aromatic rings. The molecule has 0 saturated carbocycles. The Labute approximate surface area is 110 Å². The van der Waals surface area contributed by atoms with Crippen molar-refractivity contribution in [1.29, 1.82) is 0 Å². The number of fused-ring (bicyclic) bond motifs is 1. The van der Waals surface area contributed by atoms with Crippen LogP contribution in [0.5, 0.6) is 0 Å². The van der Waals surface area contributed by atoms with Gasteiger partial charge in [-0.3, -0.25) is 10.1 Å². The lowest BCUT2D eigenvalue weighted by Gasteiger charge is -2.04. The summed E-state index contributed by atoms with van der Waals surface area (Å²) in [7, 11) is 0.